The van der Waals surface area contributed by atoms with E-state index < -0.39 is 0 Å². The highest BCUT2D eigenvalue weighted by molar-refractivity contribution is 5.69. The Hall–Kier alpha value is -1.42. The second-order valence-electron chi connectivity index (χ2n) is 5.49. The van der Waals surface area contributed by atoms with E-state index in [-0.39, 0.29) is 0 Å². The third kappa shape index (κ3) is 2.12. The van der Waals surface area contributed by atoms with Crippen molar-refractivity contribution in [2.24, 2.45) is 5.92 Å². The van der Waals surface area contributed by atoms with E-state index in [1.165, 1.54) is 19.5 Å². The molecule has 2 aromatic rings. The first kappa shape index (κ1) is 11.7. The summed E-state index contributed by atoms with van der Waals surface area (Å²) in [4.78, 5) is 11.4. The third-order valence-electron chi connectivity index (χ3n) is 3.88. The molecule has 2 aromatic heterocycles. The Morgan fingerprint density at radius 3 is 3.06 bits per heavy atom. The van der Waals surface area contributed by atoms with Gasteiger partial charge in [-0.3, -0.25) is 0 Å². The zero-order valence-corrected chi connectivity index (χ0v) is 11.1. The van der Waals surface area contributed by atoms with Crippen molar-refractivity contribution in [1.82, 2.24) is 19.4 Å². The van der Waals surface area contributed by atoms with Gasteiger partial charge in [0.25, 0.3) is 0 Å². The van der Waals surface area contributed by atoms with Crippen LogP contribution >= 0.6 is 0 Å². The monoisotopic (exact) mass is 244 g/mol. The van der Waals surface area contributed by atoms with Gasteiger partial charge in [-0.05, 0) is 44.9 Å². The van der Waals surface area contributed by atoms with Crippen LogP contribution in [0.5, 0.6) is 0 Å². The van der Waals surface area contributed by atoms with Crippen LogP contribution in [-0.2, 0) is 6.54 Å². The van der Waals surface area contributed by atoms with Crippen LogP contribution < -0.4 is 0 Å². The highest BCUT2D eigenvalue weighted by Gasteiger charge is 2.24. The average Bonchev–Trinajstić information content (AvgIpc) is 2.98. The summed E-state index contributed by atoms with van der Waals surface area (Å²) in [7, 11) is 0. The number of nitrogens with zero attached hydrogens (tertiary/aromatic N) is 4. The van der Waals surface area contributed by atoms with Crippen LogP contribution in [0.25, 0.3) is 11.2 Å². The lowest BCUT2D eigenvalue weighted by Crippen LogP contribution is -2.28. The van der Waals surface area contributed by atoms with Crippen LogP contribution in [0.3, 0.4) is 0 Å². The smallest absolute Gasteiger partial charge is 0.159 e. The largest absolute Gasteiger partial charge is 0.315 e. The minimum Gasteiger partial charge on any atom is -0.315 e. The highest BCUT2D eigenvalue weighted by atomic mass is 15.2. The van der Waals surface area contributed by atoms with E-state index in [2.05, 4.69) is 33.3 Å². The minimum atomic E-state index is 0.660. The molecule has 1 aliphatic rings. The lowest BCUT2D eigenvalue weighted by atomic mass is 10.1. The van der Waals surface area contributed by atoms with Crippen LogP contribution in [0.1, 0.15) is 20.3 Å². The Balaban J connectivity index is 1.74. The molecule has 0 N–H and O–H groups in total. The maximum Gasteiger partial charge on any atom is 0.159 e. The summed E-state index contributed by atoms with van der Waals surface area (Å²) in [5.41, 5.74) is 2.01. The highest BCUT2D eigenvalue weighted by Crippen LogP contribution is 2.21. The van der Waals surface area contributed by atoms with E-state index in [0.717, 1.165) is 23.6 Å². The Kier molecular flexibility index (Phi) is 3.04. The molecular weight excluding hydrogens is 224 g/mol. The van der Waals surface area contributed by atoms with Crippen molar-refractivity contribution in [3.05, 3.63) is 24.7 Å². The quantitative estimate of drug-likeness (QED) is 0.829. The molecule has 0 bridgehead atoms. The van der Waals surface area contributed by atoms with Crippen LogP contribution in [0.2, 0.25) is 0 Å². The number of aromatic nitrogens is 3. The second kappa shape index (κ2) is 4.69. The molecule has 4 nitrogen and oxygen atoms in total. The van der Waals surface area contributed by atoms with Crippen molar-refractivity contribution in [2.75, 3.05) is 13.1 Å². The van der Waals surface area contributed by atoms with Crippen molar-refractivity contribution in [2.45, 2.75) is 32.9 Å². The zero-order valence-electron chi connectivity index (χ0n) is 11.1. The summed E-state index contributed by atoms with van der Waals surface area (Å²) in [6, 6.07) is 4.62. The molecule has 0 amide bonds. The van der Waals surface area contributed by atoms with Gasteiger partial charge in [-0.25, -0.2) is 9.97 Å². The van der Waals surface area contributed by atoms with Gasteiger partial charge in [-0.2, -0.15) is 0 Å². The second-order valence-corrected chi connectivity index (χ2v) is 5.49. The van der Waals surface area contributed by atoms with Gasteiger partial charge in [0.2, 0.25) is 0 Å². The summed E-state index contributed by atoms with van der Waals surface area (Å²) in [6.07, 6.45) is 5.05. The Morgan fingerprint density at radius 1 is 1.39 bits per heavy atom. The molecule has 3 rings (SSSR count). The Labute approximate surface area is 108 Å². The fourth-order valence-corrected chi connectivity index (χ4v) is 2.79. The lowest BCUT2D eigenvalue weighted by Gasteiger charge is -2.20. The lowest BCUT2D eigenvalue weighted by molar-refractivity contribution is 0.261. The molecule has 0 saturated carbocycles. The normalized spacial score (nSPS) is 21.2. The first-order chi connectivity index (χ1) is 8.74. The van der Waals surface area contributed by atoms with Gasteiger partial charge >= 0.3 is 0 Å². The van der Waals surface area contributed by atoms with Crippen molar-refractivity contribution in [1.29, 1.82) is 0 Å². The number of rotatable bonds is 3. The Bertz CT molecular complexity index is 531. The number of imidazole rings is 1. The maximum absolute atomic E-state index is 4.42. The summed E-state index contributed by atoms with van der Waals surface area (Å²) in [5, 5.41) is 0. The maximum atomic E-state index is 4.42. The predicted octanol–water partition coefficient (Wildman–Crippen LogP) is 2.16. The first-order valence-corrected chi connectivity index (χ1v) is 6.74. The summed E-state index contributed by atoms with van der Waals surface area (Å²) in [6.45, 7) is 8.01. The molecule has 0 spiro atoms. The molecule has 4 heteroatoms. The van der Waals surface area contributed by atoms with Gasteiger partial charge in [0.1, 0.15) is 5.52 Å². The van der Waals surface area contributed by atoms with Gasteiger partial charge in [0, 0.05) is 25.3 Å². The molecule has 1 fully saturated rings. The molecule has 0 aromatic carbocycles. The third-order valence-corrected chi connectivity index (χ3v) is 3.88. The summed E-state index contributed by atoms with van der Waals surface area (Å²) < 4.78 is 2.20. The van der Waals surface area contributed by atoms with Crippen LogP contribution in [0, 0.1) is 5.92 Å². The van der Waals surface area contributed by atoms with E-state index in [4.69, 9.17) is 0 Å². The summed E-state index contributed by atoms with van der Waals surface area (Å²) in [5.74, 6) is 0.729. The number of fused-ring (bicyclic) bond motifs is 1. The van der Waals surface area contributed by atoms with Crippen LogP contribution in [0.4, 0.5) is 0 Å². The van der Waals surface area contributed by atoms with Gasteiger partial charge in [-0.15, -0.1) is 0 Å². The van der Waals surface area contributed by atoms with E-state index in [9.17, 15) is 0 Å². The van der Waals surface area contributed by atoms with Crippen molar-refractivity contribution in [3.63, 3.8) is 0 Å². The predicted molar refractivity (Wildman–Crippen MR) is 72.3 cm³/mol. The fraction of sp³-hybridized carbons (Fsp3) is 0.571. The van der Waals surface area contributed by atoms with Crippen molar-refractivity contribution >= 4 is 11.2 Å². The molecule has 3 heterocycles. The topological polar surface area (TPSA) is 34.0 Å². The van der Waals surface area contributed by atoms with Gasteiger partial charge < -0.3 is 9.47 Å². The van der Waals surface area contributed by atoms with E-state index in [1.807, 2.05) is 24.7 Å². The van der Waals surface area contributed by atoms with Crippen LogP contribution in [0.15, 0.2) is 24.7 Å². The molecule has 1 saturated heterocycles. The summed E-state index contributed by atoms with van der Waals surface area (Å²) >= 11 is 0. The number of hydrogen-bond donors (Lipinski definition) is 0. The minimum absolute atomic E-state index is 0.660. The van der Waals surface area contributed by atoms with E-state index >= 15 is 0 Å². The average molecular weight is 244 g/mol. The van der Waals surface area contributed by atoms with Gasteiger partial charge in [0.05, 0.1) is 6.33 Å². The Morgan fingerprint density at radius 2 is 2.28 bits per heavy atom. The SMILES string of the molecule is CC(C)N1CCC(Cn2cnc3cccnc32)C1. The van der Waals surface area contributed by atoms with Gasteiger partial charge in [-0.1, -0.05) is 0 Å². The number of pyridine rings is 1. The van der Waals surface area contributed by atoms with Gasteiger partial charge in [0.15, 0.2) is 5.65 Å². The molecule has 18 heavy (non-hydrogen) atoms. The molecule has 1 unspecified atom stereocenters. The van der Waals surface area contributed by atoms with Crippen LogP contribution in [-0.4, -0.2) is 38.6 Å². The molecule has 1 aliphatic heterocycles. The van der Waals surface area contributed by atoms with Crippen molar-refractivity contribution in [3.8, 4) is 0 Å². The molecule has 0 radical (unpaired) electrons. The van der Waals surface area contributed by atoms with E-state index in [1.54, 1.807) is 0 Å². The van der Waals surface area contributed by atoms with Crippen molar-refractivity contribution < 1.29 is 0 Å². The molecule has 0 aliphatic carbocycles. The molecular formula is C14H20N4. The first-order valence-electron chi connectivity index (χ1n) is 6.74. The fourth-order valence-electron chi connectivity index (χ4n) is 2.79. The number of likely N-dealkylation sites (tertiary alicyclic amines) is 1. The molecule has 96 valence electrons. The molecule has 1 atom stereocenters. The van der Waals surface area contributed by atoms with E-state index in [0.29, 0.717) is 6.04 Å². The number of hydrogen-bond acceptors (Lipinski definition) is 3. The zero-order chi connectivity index (χ0) is 12.5. The standard InChI is InChI=1S/C14H20N4/c1-11(2)17-7-5-12(8-17)9-18-10-16-13-4-3-6-15-14(13)18/h3-4,6,10-12H,5,7-9H2,1-2H3.